The average molecular weight is 573 g/mol. The predicted octanol–water partition coefficient (Wildman–Crippen LogP) is 10.2. The Balaban J connectivity index is 0.000000130. The van der Waals surface area contributed by atoms with Gasteiger partial charge < -0.3 is 10.2 Å². The fraction of sp³-hybridized carbons (Fsp3) is 0.0500. The molecular formula is C40H32N2O2. The topological polar surface area (TPSA) is 66.2 Å². The number of phenols is 2. The van der Waals surface area contributed by atoms with Gasteiger partial charge in [0, 0.05) is 33.3 Å². The van der Waals surface area contributed by atoms with Crippen LogP contribution in [-0.2, 0) is 0 Å². The Hall–Kier alpha value is -5.74. The van der Waals surface area contributed by atoms with Crippen LogP contribution in [0.5, 0.6) is 11.5 Å². The summed E-state index contributed by atoms with van der Waals surface area (Å²) >= 11 is 0. The van der Waals surface area contributed by atoms with Crippen LogP contribution >= 0.6 is 0 Å². The second-order valence-corrected chi connectivity index (χ2v) is 10.7. The minimum atomic E-state index is 0.172. The first-order chi connectivity index (χ1) is 21.5. The second kappa shape index (κ2) is 12.6. The number of hydrogen-bond acceptors (Lipinski definition) is 4. The van der Waals surface area contributed by atoms with E-state index in [9.17, 15) is 10.2 Å². The van der Waals surface area contributed by atoms with E-state index in [2.05, 4.69) is 34.2 Å². The molecule has 2 N–H and O–H groups in total. The van der Waals surface area contributed by atoms with Crippen LogP contribution in [0.2, 0.25) is 0 Å². The maximum absolute atomic E-state index is 10.4. The normalized spacial score (nSPS) is 10.7. The van der Waals surface area contributed by atoms with Gasteiger partial charge in [-0.3, -0.25) is 9.97 Å². The summed E-state index contributed by atoms with van der Waals surface area (Å²) < 4.78 is 0. The van der Waals surface area contributed by atoms with Crippen LogP contribution in [0.4, 0.5) is 0 Å². The molecule has 0 aliphatic carbocycles. The molecule has 6 aromatic carbocycles. The summed E-state index contributed by atoms with van der Waals surface area (Å²) in [6, 6.07) is 47.4. The van der Waals surface area contributed by atoms with Crippen molar-refractivity contribution in [3.63, 3.8) is 0 Å². The predicted molar refractivity (Wildman–Crippen MR) is 183 cm³/mol. The lowest BCUT2D eigenvalue weighted by atomic mass is 9.92. The maximum atomic E-state index is 10.4. The zero-order valence-electron chi connectivity index (χ0n) is 24.6. The highest BCUT2D eigenvalue weighted by atomic mass is 16.3. The van der Waals surface area contributed by atoms with Crippen LogP contribution in [0, 0.1) is 13.8 Å². The molecule has 0 amide bonds. The van der Waals surface area contributed by atoms with Crippen molar-refractivity contribution in [2.75, 3.05) is 0 Å². The molecule has 2 heterocycles. The highest BCUT2D eigenvalue weighted by molar-refractivity contribution is 6.09. The number of aromatic nitrogens is 2. The van der Waals surface area contributed by atoms with Gasteiger partial charge in [0.2, 0.25) is 0 Å². The summed E-state index contributed by atoms with van der Waals surface area (Å²) in [6.07, 6.45) is 0. The first kappa shape index (κ1) is 28.4. The number of rotatable bonds is 1. The molecule has 8 aromatic rings. The van der Waals surface area contributed by atoms with E-state index in [-0.39, 0.29) is 11.5 Å². The molecule has 0 aliphatic rings. The van der Waals surface area contributed by atoms with E-state index in [0.717, 1.165) is 44.0 Å². The van der Waals surface area contributed by atoms with Crippen LogP contribution in [0.15, 0.2) is 146 Å². The Labute approximate surface area is 256 Å². The lowest BCUT2D eigenvalue weighted by Gasteiger charge is -2.14. The fourth-order valence-electron chi connectivity index (χ4n) is 5.38. The largest absolute Gasteiger partial charge is 0.507 e. The molecule has 4 nitrogen and oxygen atoms in total. The lowest BCUT2D eigenvalue weighted by Crippen LogP contribution is -1.86. The molecule has 0 radical (unpaired) electrons. The van der Waals surface area contributed by atoms with Crippen molar-refractivity contribution in [3.05, 3.63) is 157 Å². The number of aryl methyl sites for hydroxylation is 2. The third-order valence-corrected chi connectivity index (χ3v) is 7.54. The summed E-state index contributed by atoms with van der Waals surface area (Å²) in [5.74, 6) is 0.343. The Morgan fingerprint density at radius 2 is 0.705 bits per heavy atom. The first-order valence-electron chi connectivity index (χ1n) is 14.5. The lowest BCUT2D eigenvalue weighted by molar-refractivity contribution is 0.470. The Morgan fingerprint density at radius 3 is 1.14 bits per heavy atom. The molecule has 0 aliphatic heterocycles. The molecule has 2 aromatic heterocycles. The van der Waals surface area contributed by atoms with Crippen molar-refractivity contribution in [2.45, 2.75) is 13.8 Å². The summed E-state index contributed by atoms with van der Waals surface area (Å²) in [4.78, 5) is 8.75. The van der Waals surface area contributed by atoms with Crippen molar-refractivity contribution in [1.29, 1.82) is 0 Å². The number of phenolic OH excluding ortho intramolecular Hbond substituents is 2. The standard InChI is InChI=1S/C20H14O2.2C10H9N/c21-17-11-9-13-5-1-3-7-15(13)19(17)20-16-8-4-2-6-14(16)10-12-18(20)22;2*1-8-6-7-9-4-2-3-5-10(9)11-8/h1-12,21-22H;2*2-7H,1H3. The van der Waals surface area contributed by atoms with Crippen molar-refractivity contribution in [2.24, 2.45) is 0 Å². The molecule has 8 rings (SSSR count). The van der Waals surface area contributed by atoms with Gasteiger partial charge in [-0.2, -0.15) is 0 Å². The molecule has 44 heavy (non-hydrogen) atoms. The third kappa shape index (κ3) is 6.06. The Morgan fingerprint density at radius 1 is 0.364 bits per heavy atom. The van der Waals surface area contributed by atoms with Gasteiger partial charge in [0.25, 0.3) is 0 Å². The van der Waals surface area contributed by atoms with Gasteiger partial charge in [-0.05, 0) is 71.8 Å². The molecule has 0 spiro atoms. The SMILES string of the molecule is Cc1ccc2ccccc2n1.Cc1ccc2ccccc2n1.Oc1ccc2ccccc2c1-c1c(O)ccc2ccccc12. The molecule has 0 atom stereocenters. The van der Waals surface area contributed by atoms with E-state index < -0.39 is 0 Å². The van der Waals surface area contributed by atoms with Gasteiger partial charge in [0.15, 0.2) is 0 Å². The van der Waals surface area contributed by atoms with Crippen LogP contribution in [0.1, 0.15) is 11.4 Å². The minimum Gasteiger partial charge on any atom is -0.507 e. The molecule has 0 saturated heterocycles. The van der Waals surface area contributed by atoms with Crippen LogP contribution < -0.4 is 0 Å². The van der Waals surface area contributed by atoms with Gasteiger partial charge >= 0.3 is 0 Å². The number of para-hydroxylation sites is 2. The number of aromatic hydroxyl groups is 2. The summed E-state index contributed by atoms with van der Waals surface area (Å²) in [7, 11) is 0. The molecule has 4 heteroatoms. The molecule has 0 unspecified atom stereocenters. The van der Waals surface area contributed by atoms with Crippen molar-refractivity contribution in [3.8, 4) is 22.6 Å². The number of nitrogens with zero attached hydrogens (tertiary/aromatic N) is 2. The highest BCUT2D eigenvalue weighted by Gasteiger charge is 2.16. The number of pyridine rings is 2. The van der Waals surface area contributed by atoms with E-state index in [1.54, 1.807) is 12.1 Å². The van der Waals surface area contributed by atoms with Gasteiger partial charge in [-0.25, -0.2) is 0 Å². The minimum absolute atomic E-state index is 0.172. The quantitative estimate of drug-likeness (QED) is 0.205. The zero-order chi connectivity index (χ0) is 30.5. The first-order valence-corrected chi connectivity index (χ1v) is 14.5. The Kier molecular flexibility index (Phi) is 8.15. The van der Waals surface area contributed by atoms with Crippen molar-refractivity contribution < 1.29 is 10.2 Å². The molecule has 214 valence electrons. The van der Waals surface area contributed by atoms with Crippen LogP contribution in [0.3, 0.4) is 0 Å². The number of hydrogen-bond donors (Lipinski definition) is 2. The molecular weight excluding hydrogens is 540 g/mol. The molecule has 0 fully saturated rings. The van der Waals surface area contributed by atoms with Crippen LogP contribution in [-0.4, -0.2) is 20.2 Å². The zero-order valence-corrected chi connectivity index (χ0v) is 24.6. The van der Waals surface area contributed by atoms with Crippen molar-refractivity contribution in [1.82, 2.24) is 9.97 Å². The van der Waals surface area contributed by atoms with Gasteiger partial charge in [-0.1, -0.05) is 109 Å². The Bertz CT molecular complexity index is 2080. The summed E-state index contributed by atoms with van der Waals surface area (Å²) in [5, 5.41) is 27.2. The average Bonchev–Trinajstić information content (AvgIpc) is 3.06. The van der Waals surface area contributed by atoms with E-state index in [0.29, 0.717) is 11.1 Å². The van der Waals surface area contributed by atoms with Gasteiger partial charge in [0.1, 0.15) is 11.5 Å². The van der Waals surface area contributed by atoms with E-state index >= 15 is 0 Å². The van der Waals surface area contributed by atoms with E-state index in [1.165, 1.54) is 10.8 Å². The smallest absolute Gasteiger partial charge is 0.124 e. The maximum Gasteiger partial charge on any atom is 0.124 e. The van der Waals surface area contributed by atoms with E-state index in [4.69, 9.17) is 0 Å². The molecule has 0 bridgehead atoms. The van der Waals surface area contributed by atoms with E-state index in [1.807, 2.05) is 123 Å². The van der Waals surface area contributed by atoms with Gasteiger partial charge in [0.05, 0.1) is 11.0 Å². The monoisotopic (exact) mass is 572 g/mol. The van der Waals surface area contributed by atoms with Crippen molar-refractivity contribution >= 4 is 43.4 Å². The third-order valence-electron chi connectivity index (χ3n) is 7.54. The number of fused-ring (bicyclic) bond motifs is 4. The second-order valence-electron chi connectivity index (χ2n) is 10.7. The summed E-state index contributed by atoms with van der Waals surface area (Å²) in [6.45, 7) is 4.01. The summed E-state index contributed by atoms with van der Waals surface area (Å²) in [5.41, 5.74) is 5.65. The number of benzene rings is 6. The van der Waals surface area contributed by atoms with Crippen LogP contribution in [0.25, 0.3) is 54.5 Å². The molecule has 0 saturated carbocycles. The fourth-order valence-corrected chi connectivity index (χ4v) is 5.38. The van der Waals surface area contributed by atoms with Gasteiger partial charge in [-0.15, -0.1) is 0 Å². The highest BCUT2D eigenvalue weighted by Crippen LogP contribution is 2.44.